The summed E-state index contributed by atoms with van der Waals surface area (Å²) >= 11 is 0. The summed E-state index contributed by atoms with van der Waals surface area (Å²) in [6.07, 6.45) is 4.61. The molecular weight excluding hydrogens is 400 g/mol. The number of fused-ring (bicyclic) bond motifs is 1. The molecule has 1 aromatic carbocycles. The van der Waals surface area contributed by atoms with Crippen LogP contribution < -0.4 is 5.73 Å². The molecule has 3 aliphatic rings. The highest BCUT2D eigenvalue weighted by molar-refractivity contribution is 7.90. The van der Waals surface area contributed by atoms with Crippen LogP contribution in [-0.2, 0) is 14.8 Å². The van der Waals surface area contributed by atoms with Gasteiger partial charge in [0.25, 0.3) is 10.0 Å². The molecule has 3 heterocycles. The molecule has 3 aliphatic heterocycles. The van der Waals surface area contributed by atoms with Gasteiger partial charge in [-0.2, -0.15) is 8.42 Å². The zero-order valence-corrected chi connectivity index (χ0v) is 17.4. The highest BCUT2D eigenvalue weighted by Gasteiger charge is 2.36. The van der Waals surface area contributed by atoms with Gasteiger partial charge >= 0.3 is 0 Å². The summed E-state index contributed by atoms with van der Waals surface area (Å²) in [5, 5.41) is 0. The molecule has 1 aromatic rings. The fourth-order valence-corrected chi connectivity index (χ4v) is 5.65. The largest absolute Gasteiger partial charge is 0.355 e. The molecule has 0 saturated carbocycles. The van der Waals surface area contributed by atoms with Crippen LogP contribution in [0.5, 0.6) is 0 Å². The van der Waals surface area contributed by atoms with Gasteiger partial charge in [-0.1, -0.05) is 12.1 Å². The maximum Gasteiger partial charge on any atom is 0.285 e. The van der Waals surface area contributed by atoms with Gasteiger partial charge in [-0.15, -0.1) is 16.8 Å². The van der Waals surface area contributed by atoms with Crippen LogP contribution >= 0.6 is 12.4 Å². The summed E-state index contributed by atoms with van der Waals surface area (Å²) in [5.74, 6) is 0.725. The van der Waals surface area contributed by atoms with E-state index in [9.17, 15) is 13.2 Å². The van der Waals surface area contributed by atoms with E-state index in [1.54, 1.807) is 18.2 Å². The van der Waals surface area contributed by atoms with Crippen LogP contribution in [0.1, 0.15) is 37.7 Å². The number of nitrogens with zero attached hydrogens (tertiary/aromatic N) is 3. The van der Waals surface area contributed by atoms with Crippen LogP contribution in [0.15, 0.2) is 33.6 Å². The van der Waals surface area contributed by atoms with Crippen molar-refractivity contribution < 1.29 is 13.2 Å². The van der Waals surface area contributed by atoms with Gasteiger partial charge in [0.2, 0.25) is 5.91 Å². The minimum atomic E-state index is -3.60. The summed E-state index contributed by atoms with van der Waals surface area (Å²) in [6.45, 7) is 2.61. The number of halogens is 1. The van der Waals surface area contributed by atoms with Gasteiger partial charge in [0.15, 0.2) is 5.84 Å². The maximum absolute atomic E-state index is 13.0. The first kappa shape index (κ1) is 21.1. The number of amides is 1. The smallest absolute Gasteiger partial charge is 0.285 e. The molecule has 4 rings (SSSR count). The Morgan fingerprint density at radius 1 is 1.11 bits per heavy atom. The van der Waals surface area contributed by atoms with Crippen molar-refractivity contribution in [2.75, 3.05) is 26.2 Å². The number of carbonyl (C=O) groups is 1. The monoisotopic (exact) mass is 426 g/mol. The topological polar surface area (TPSA) is 96.1 Å². The molecule has 0 bridgehead atoms. The van der Waals surface area contributed by atoms with Gasteiger partial charge in [0.05, 0.1) is 0 Å². The number of benzene rings is 1. The number of hydrogen-bond donors (Lipinski definition) is 1. The molecule has 7 nitrogen and oxygen atoms in total. The van der Waals surface area contributed by atoms with Crippen molar-refractivity contribution in [2.45, 2.75) is 43.0 Å². The van der Waals surface area contributed by atoms with Crippen LogP contribution in [0.4, 0.5) is 0 Å². The predicted molar refractivity (Wildman–Crippen MR) is 110 cm³/mol. The van der Waals surface area contributed by atoms with Crippen molar-refractivity contribution >= 4 is 34.2 Å². The third kappa shape index (κ3) is 3.77. The zero-order chi connectivity index (χ0) is 19.0. The Balaban J connectivity index is 0.00000225. The van der Waals surface area contributed by atoms with Crippen molar-refractivity contribution in [3.8, 4) is 0 Å². The van der Waals surface area contributed by atoms with Crippen LogP contribution in [-0.4, -0.2) is 62.2 Å². The highest BCUT2D eigenvalue weighted by atomic mass is 35.5. The number of rotatable bonds is 2. The molecule has 2 saturated heterocycles. The minimum absolute atomic E-state index is 0. The van der Waals surface area contributed by atoms with Gasteiger partial charge in [-0.05, 0) is 44.2 Å². The Morgan fingerprint density at radius 2 is 1.82 bits per heavy atom. The van der Waals surface area contributed by atoms with Gasteiger partial charge < -0.3 is 15.5 Å². The van der Waals surface area contributed by atoms with E-state index in [-0.39, 0.29) is 35.2 Å². The van der Waals surface area contributed by atoms with Gasteiger partial charge in [-0.25, -0.2) is 0 Å². The quantitative estimate of drug-likeness (QED) is 0.774. The number of likely N-dealkylation sites (tertiary alicyclic amines) is 2. The molecule has 0 aliphatic carbocycles. The van der Waals surface area contributed by atoms with Crippen molar-refractivity contribution in [2.24, 2.45) is 16.0 Å². The van der Waals surface area contributed by atoms with E-state index in [2.05, 4.69) is 4.40 Å². The lowest BCUT2D eigenvalue weighted by molar-refractivity contribution is -0.140. The first-order valence-electron chi connectivity index (χ1n) is 9.71. The summed E-state index contributed by atoms with van der Waals surface area (Å²) in [5.41, 5.74) is 6.53. The molecule has 1 atom stereocenters. The number of sulfonamides is 1. The van der Waals surface area contributed by atoms with Crippen molar-refractivity contribution in [1.29, 1.82) is 0 Å². The SMILES string of the molecule is Cl.NCC1CCCCN1C(=O)C1CCN(C2=NS(=O)(=O)c3ccccc32)CC1. The zero-order valence-electron chi connectivity index (χ0n) is 15.8. The molecule has 2 fully saturated rings. The van der Waals surface area contributed by atoms with Crippen LogP contribution in [0, 0.1) is 5.92 Å². The number of carbonyl (C=O) groups excluding carboxylic acids is 1. The molecule has 28 heavy (non-hydrogen) atoms. The van der Waals surface area contributed by atoms with E-state index in [0.29, 0.717) is 43.9 Å². The molecule has 1 unspecified atom stereocenters. The molecule has 1 amide bonds. The average molecular weight is 427 g/mol. The number of hydrogen-bond acceptors (Lipinski definition) is 5. The molecule has 0 radical (unpaired) electrons. The third-order valence-corrected chi connectivity index (χ3v) is 7.26. The summed E-state index contributed by atoms with van der Waals surface area (Å²) in [6, 6.07) is 7.11. The number of piperidine rings is 2. The second-order valence-electron chi connectivity index (χ2n) is 7.56. The van der Waals surface area contributed by atoms with E-state index in [1.165, 1.54) is 0 Å². The van der Waals surface area contributed by atoms with Crippen molar-refractivity contribution in [1.82, 2.24) is 9.80 Å². The Labute approximate surface area is 172 Å². The van der Waals surface area contributed by atoms with E-state index in [4.69, 9.17) is 5.73 Å². The fraction of sp³-hybridized carbons (Fsp3) is 0.579. The van der Waals surface area contributed by atoms with Crippen LogP contribution in [0.25, 0.3) is 0 Å². The molecule has 2 N–H and O–H groups in total. The molecule has 0 spiro atoms. The Kier molecular flexibility index (Phi) is 6.31. The number of nitrogens with two attached hydrogens (primary N) is 1. The first-order valence-corrected chi connectivity index (χ1v) is 11.1. The van der Waals surface area contributed by atoms with E-state index < -0.39 is 10.0 Å². The molecule has 9 heteroatoms. The molecule has 154 valence electrons. The fourth-order valence-electron chi connectivity index (χ4n) is 4.43. The first-order chi connectivity index (χ1) is 13.0. The molecule has 0 aromatic heterocycles. The van der Waals surface area contributed by atoms with Gasteiger partial charge in [0.1, 0.15) is 4.90 Å². The maximum atomic E-state index is 13.0. The lowest BCUT2D eigenvalue weighted by atomic mass is 9.92. The van der Waals surface area contributed by atoms with Crippen molar-refractivity contribution in [3.05, 3.63) is 29.8 Å². The van der Waals surface area contributed by atoms with E-state index in [0.717, 1.165) is 25.8 Å². The third-order valence-electron chi connectivity index (χ3n) is 5.94. The average Bonchev–Trinajstić information content (AvgIpc) is 2.99. The summed E-state index contributed by atoms with van der Waals surface area (Å²) in [7, 11) is -3.60. The van der Waals surface area contributed by atoms with Gasteiger partial charge in [-0.3, -0.25) is 4.79 Å². The minimum Gasteiger partial charge on any atom is -0.355 e. The van der Waals surface area contributed by atoms with Crippen LogP contribution in [0.3, 0.4) is 0 Å². The lowest BCUT2D eigenvalue weighted by Gasteiger charge is -2.40. The number of amidine groups is 1. The predicted octanol–water partition coefficient (Wildman–Crippen LogP) is 1.61. The van der Waals surface area contributed by atoms with E-state index >= 15 is 0 Å². The van der Waals surface area contributed by atoms with Crippen molar-refractivity contribution in [3.63, 3.8) is 0 Å². The normalized spacial score (nSPS) is 24.3. The highest BCUT2D eigenvalue weighted by Crippen LogP contribution is 2.30. The second kappa shape index (κ2) is 8.39. The molecular formula is C19H27ClN4O3S. The summed E-state index contributed by atoms with van der Waals surface area (Å²) in [4.78, 5) is 17.2. The van der Waals surface area contributed by atoms with E-state index in [1.807, 2.05) is 15.9 Å². The summed E-state index contributed by atoms with van der Waals surface area (Å²) < 4.78 is 28.5. The standard InChI is InChI=1S/C19H26N4O3S.ClH/c20-13-15-5-3-4-10-23(15)19(24)14-8-11-22(12-9-14)18-16-6-1-2-7-17(16)27(25,26)21-18;/h1-2,6-7,14-15H,3-5,8-13,20H2;1H. The lowest BCUT2D eigenvalue weighted by Crippen LogP contribution is -2.51. The Morgan fingerprint density at radius 3 is 2.54 bits per heavy atom. The van der Waals surface area contributed by atoms with Gasteiger partial charge in [0, 0.05) is 43.7 Å². The second-order valence-corrected chi connectivity index (χ2v) is 9.14. The Bertz CT molecular complexity index is 866. The Hall–Kier alpha value is -1.64. The van der Waals surface area contributed by atoms with Crippen LogP contribution in [0.2, 0.25) is 0 Å².